The summed E-state index contributed by atoms with van der Waals surface area (Å²) < 4.78 is 55.2. The van der Waals surface area contributed by atoms with Crippen molar-refractivity contribution < 1.29 is 37.0 Å². The third kappa shape index (κ3) is 9.39. The summed E-state index contributed by atoms with van der Waals surface area (Å²) in [5.74, 6) is 0.861. The zero-order valence-electron chi connectivity index (χ0n) is 23.4. The number of alkyl halides is 3. The molecule has 1 heterocycles. The number of rotatable bonds is 13. The summed E-state index contributed by atoms with van der Waals surface area (Å²) in [6.07, 6.45) is -4.04. The summed E-state index contributed by atoms with van der Waals surface area (Å²) in [7, 11) is 4.56. The first-order chi connectivity index (χ1) is 19.5. The van der Waals surface area contributed by atoms with Gasteiger partial charge in [0, 0.05) is 35.6 Å². The van der Waals surface area contributed by atoms with Gasteiger partial charge in [0.15, 0.2) is 11.5 Å². The molecule has 0 fully saturated rings. The molecule has 0 radical (unpaired) electrons. The van der Waals surface area contributed by atoms with Crippen molar-refractivity contribution in [1.82, 2.24) is 9.80 Å². The number of hydrogen-bond acceptors (Lipinski definition) is 6. The van der Waals surface area contributed by atoms with Gasteiger partial charge in [-0.2, -0.15) is 13.2 Å². The molecule has 222 valence electrons. The Morgan fingerprint density at radius 1 is 0.927 bits per heavy atom. The molecular formula is C29H34F3N3O5S. The third-order valence-electron chi connectivity index (χ3n) is 6.23. The molecule has 3 rings (SSSR count). The zero-order valence-corrected chi connectivity index (χ0v) is 24.2. The van der Waals surface area contributed by atoms with Crippen molar-refractivity contribution in [1.29, 1.82) is 0 Å². The maximum atomic E-state index is 13.6. The Bertz CT molecular complexity index is 1310. The second-order valence-electron chi connectivity index (χ2n) is 9.19. The molecule has 0 aliphatic rings. The minimum Gasteiger partial charge on any atom is -0.493 e. The molecule has 0 saturated heterocycles. The number of amides is 3. The van der Waals surface area contributed by atoms with Crippen LogP contribution in [0, 0.1) is 6.92 Å². The Morgan fingerprint density at radius 2 is 1.68 bits per heavy atom. The minimum atomic E-state index is -4.55. The van der Waals surface area contributed by atoms with Crippen LogP contribution in [0.25, 0.3) is 0 Å². The molecular weight excluding hydrogens is 559 g/mol. The van der Waals surface area contributed by atoms with Gasteiger partial charge < -0.3 is 29.3 Å². The highest BCUT2D eigenvalue weighted by Gasteiger charge is 2.31. The van der Waals surface area contributed by atoms with Gasteiger partial charge in [-0.15, -0.1) is 11.3 Å². The van der Waals surface area contributed by atoms with Crippen molar-refractivity contribution in [2.45, 2.75) is 26.1 Å². The number of hydrogen-bond donors (Lipinski definition) is 1. The van der Waals surface area contributed by atoms with Crippen LogP contribution in [-0.2, 0) is 28.7 Å². The molecule has 8 nitrogen and oxygen atoms in total. The fourth-order valence-corrected chi connectivity index (χ4v) is 4.95. The maximum absolute atomic E-state index is 13.6. The standard InChI is InChI=1S/C29H34F3N3O5S/c1-20-8-10-24(41-20)18-34(13-12-21-9-11-25(39-3)26(16-21)40-4)27(36)19-35(14-15-38-2)28(37)33-23-7-5-6-22(17-23)29(30,31)32/h5-11,16-17H,12-15,18-19H2,1-4H3,(H,33,37). The van der Waals surface area contributed by atoms with Crippen LogP contribution in [0.4, 0.5) is 23.7 Å². The lowest BCUT2D eigenvalue weighted by molar-refractivity contribution is -0.137. The van der Waals surface area contributed by atoms with Crippen molar-refractivity contribution in [3.05, 3.63) is 75.5 Å². The van der Waals surface area contributed by atoms with E-state index in [0.717, 1.165) is 27.5 Å². The molecule has 0 aliphatic heterocycles. The van der Waals surface area contributed by atoms with E-state index in [9.17, 15) is 22.8 Å². The molecule has 1 aromatic heterocycles. The van der Waals surface area contributed by atoms with Crippen LogP contribution in [-0.4, -0.2) is 69.3 Å². The van der Waals surface area contributed by atoms with Crippen LogP contribution >= 0.6 is 11.3 Å². The number of benzene rings is 2. The number of methoxy groups -OCH3 is 3. The first-order valence-electron chi connectivity index (χ1n) is 12.8. The molecule has 0 spiro atoms. The second kappa shape index (κ2) is 14.7. The van der Waals surface area contributed by atoms with Gasteiger partial charge in [-0.3, -0.25) is 4.79 Å². The Kier molecular flexibility index (Phi) is 11.4. The van der Waals surface area contributed by atoms with Gasteiger partial charge in [0.05, 0.1) is 32.9 Å². The van der Waals surface area contributed by atoms with Gasteiger partial charge in [-0.05, 0) is 61.4 Å². The van der Waals surface area contributed by atoms with Crippen LogP contribution in [0.15, 0.2) is 54.6 Å². The number of anilines is 1. The van der Waals surface area contributed by atoms with Crippen molar-refractivity contribution in [2.24, 2.45) is 0 Å². The first kappa shape index (κ1) is 31.8. The number of nitrogens with zero attached hydrogens (tertiary/aromatic N) is 2. The van der Waals surface area contributed by atoms with Crippen LogP contribution < -0.4 is 14.8 Å². The number of aryl methyl sites for hydroxylation is 1. The monoisotopic (exact) mass is 593 g/mol. The average Bonchev–Trinajstić information content (AvgIpc) is 3.36. The molecule has 0 saturated carbocycles. The Labute approximate surface area is 241 Å². The van der Waals surface area contributed by atoms with E-state index >= 15 is 0 Å². The Balaban J connectivity index is 1.77. The lowest BCUT2D eigenvalue weighted by Gasteiger charge is -2.28. The van der Waals surface area contributed by atoms with E-state index in [0.29, 0.717) is 31.0 Å². The van der Waals surface area contributed by atoms with E-state index in [4.69, 9.17) is 14.2 Å². The van der Waals surface area contributed by atoms with E-state index in [2.05, 4.69) is 5.32 Å². The van der Waals surface area contributed by atoms with E-state index in [1.165, 1.54) is 24.1 Å². The van der Waals surface area contributed by atoms with E-state index in [-0.39, 0.29) is 31.3 Å². The molecule has 3 amide bonds. The second-order valence-corrected chi connectivity index (χ2v) is 10.6. The average molecular weight is 594 g/mol. The predicted octanol–water partition coefficient (Wildman–Crippen LogP) is 5.84. The molecule has 3 aromatic rings. The lowest BCUT2D eigenvalue weighted by atomic mass is 10.1. The molecule has 1 N–H and O–H groups in total. The number of carbonyl (C=O) groups excluding carboxylic acids is 2. The lowest BCUT2D eigenvalue weighted by Crippen LogP contribution is -2.46. The topological polar surface area (TPSA) is 80.3 Å². The van der Waals surface area contributed by atoms with Gasteiger partial charge >= 0.3 is 12.2 Å². The van der Waals surface area contributed by atoms with E-state index in [1.807, 2.05) is 31.2 Å². The van der Waals surface area contributed by atoms with Gasteiger partial charge in [-0.1, -0.05) is 12.1 Å². The largest absolute Gasteiger partial charge is 0.493 e. The SMILES string of the molecule is COCCN(CC(=O)N(CCc1ccc(OC)c(OC)c1)Cc1ccc(C)s1)C(=O)Nc1cccc(C(F)(F)F)c1. The summed E-state index contributed by atoms with van der Waals surface area (Å²) in [4.78, 5) is 31.7. The first-order valence-corrected chi connectivity index (χ1v) is 13.6. The Hall–Kier alpha value is -3.77. The number of nitrogens with one attached hydrogen (secondary N) is 1. The van der Waals surface area contributed by atoms with Crippen LogP contribution in [0.5, 0.6) is 11.5 Å². The van der Waals surface area contributed by atoms with Crippen molar-refractivity contribution in [3.63, 3.8) is 0 Å². The Morgan fingerprint density at radius 3 is 2.32 bits per heavy atom. The number of ether oxygens (including phenoxy) is 3. The summed E-state index contributed by atoms with van der Waals surface area (Å²) in [5, 5.41) is 2.48. The van der Waals surface area contributed by atoms with E-state index in [1.54, 1.807) is 36.5 Å². The van der Waals surface area contributed by atoms with Crippen molar-refractivity contribution in [2.75, 3.05) is 52.9 Å². The summed E-state index contributed by atoms with van der Waals surface area (Å²) in [6, 6.07) is 13.1. The van der Waals surface area contributed by atoms with Crippen LogP contribution in [0.2, 0.25) is 0 Å². The summed E-state index contributed by atoms with van der Waals surface area (Å²) in [5.41, 5.74) is 0.0165. The normalized spacial score (nSPS) is 11.2. The molecule has 0 aliphatic carbocycles. The molecule has 0 unspecified atom stereocenters. The molecule has 41 heavy (non-hydrogen) atoms. The van der Waals surface area contributed by atoms with Crippen LogP contribution in [0.1, 0.15) is 20.9 Å². The number of halogens is 3. The molecule has 12 heteroatoms. The van der Waals surface area contributed by atoms with Crippen LogP contribution in [0.3, 0.4) is 0 Å². The highest BCUT2D eigenvalue weighted by molar-refractivity contribution is 7.11. The van der Waals surface area contributed by atoms with Crippen molar-refractivity contribution >= 4 is 29.0 Å². The smallest absolute Gasteiger partial charge is 0.416 e. The highest BCUT2D eigenvalue weighted by Crippen LogP contribution is 2.31. The summed E-state index contributed by atoms with van der Waals surface area (Å²) in [6.45, 7) is 2.60. The van der Waals surface area contributed by atoms with Gasteiger partial charge in [0.2, 0.25) is 5.91 Å². The quantitative estimate of drug-likeness (QED) is 0.269. The molecule has 0 bridgehead atoms. The summed E-state index contributed by atoms with van der Waals surface area (Å²) >= 11 is 1.58. The minimum absolute atomic E-state index is 0.0286. The van der Waals surface area contributed by atoms with E-state index < -0.39 is 17.8 Å². The number of carbonyl (C=O) groups is 2. The molecule has 2 aromatic carbocycles. The van der Waals surface area contributed by atoms with Gasteiger partial charge in [0.25, 0.3) is 0 Å². The number of urea groups is 1. The molecule has 0 atom stereocenters. The predicted molar refractivity (Wildman–Crippen MR) is 152 cm³/mol. The zero-order chi connectivity index (χ0) is 30.0. The third-order valence-corrected chi connectivity index (χ3v) is 7.22. The van der Waals surface area contributed by atoms with Crippen molar-refractivity contribution in [3.8, 4) is 11.5 Å². The van der Waals surface area contributed by atoms with Gasteiger partial charge in [0.1, 0.15) is 6.54 Å². The highest BCUT2D eigenvalue weighted by atomic mass is 32.1. The fraction of sp³-hybridized carbons (Fsp3) is 0.379. The fourth-order valence-electron chi connectivity index (χ4n) is 4.04. The maximum Gasteiger partial charge on any atom is 0.416 e. The van der Waals surface area contributed by atoms with Gasteiger partial charge in [-0.25, -0.2) is 4.79 Å². The number of thiophene rings is 1.